The topological polar surface area (TPSA) is 37.3 Å². The van der Waals surface area contributed by atoms with Crippen molar-refractivity contribution in [1.29, 1.82) is 0 Å². The van der Waals surface area contributed by atoms with Crippen LogP contribution in [-0.4, -0.2) is 11.1 Å². The second kappa shape index (κ2) is 36.7. The number of allylic oxidation sites excluding steroid dienone is 2. The van der Waals surface area contributed by atoms with Crippen LogP contribution in [0, 0.1) is 11.8 Å². The first-order valence-electron chi connectivity index (χ1n) is 20.5. The molecule has 0 aromatic rings. The molecule has 2 atom stereocenters. The summed E-state index contributed by atoms with van der Waals surface area (Å²) >= 11 is 0. The molecule has 0 heterocycles. The highest BCUT2D eigenvalue weighted by Gasteiger charge is 2.27. The van der Waals surface area contributed by atoms with Crippen molar-refractivity contribution >= 4 is 5.97 Å². The van der Waals surface area contributed by atoms with Gasteiger partial charge in [-0.2, -0.15) is 0 Å². The Kier molecular flexibility index (Phi) is 36.0. The molecule has 0 aliphatic rings. The van der Waals surface area contributed by atoms with Gasteiger partial charge >= 0.3 is 5.97 Å². The van der Waals surface area contributed by atoms with Crippen molar-refractivity contribution in [3.05, 3.63) is 12.2 Å². The van der Waals surface area contributed by atoms with Crippen molar-refractivity contribution in [2.45, 2.75) is 239 Å². The predicted octanol–water partition coefficient (Wildman–Crippen LogP) is 15.2. The standard InChI is InChI=1S/C42H82O2/c1-4-7-10-13-16-18-19-20-21-22-23-24-25-26-28-30-33-36-39-41(42(43)44)40(37-34-31-15-12-9-6-3)38-35-32-29-27-17-14-11-8-5-2/h20-21,40-41H,4-19,22-39H2,1-3H3,(H,43,44)/b21-20-. The molecule has 0 aromatic carbocycles. The molecule has 0 amide bonds. The maximum absolute atomic E-state index is 12.4. The van der Waals surface area contributed by atoms with Crippen molar-refractivity contribution in [2.24, 2.45) is 11.8 Å². The normalized spacial score (nSPS) is 13.2. The van der Waals surface area contributed by atoms with Crippen LogP contribution in [0.15, 0.2) is 12.2 Å². The van der Waals surface area contributed by atoms with Crippen LogP contribution in [-0.2, 0) is 4.79 Å². The van der Waals surface area contributed by atoms with Gasteiger partial charge in [0.15, 0.2) is 0 Å². The van der Waals surface area contributed by atoms with Crippen molar-refractivity contribution in [2.75, 3.05) is 0 Å². The maximum atomic E-state index is 12.4. The largest absolute Gasteiger partial charge is 0.481 e. The number of carbonyl (C=O) groups is 1. The van der Waals surface area contributed by atoms with Gasteiger partial charge in [0.25, 0.3) is 0 Å². The van der Waals surface area contributed by atoms with Crippen LogP contribution in [0.3, 0.4) is 0 Å². The zero-order valence-corrected chi connectivity index (χ0v) is 30.7. The van der Waals surface area contributed by atoms with Gasteiger partial charge in [-0.15, -0.1) is 0 Å². The minimum atomic E-state index is -0.516. The van der Waals surface area contributed by atoms with Crippen molar-refractivity contribution in [3.8, 4) is 0 Å². The van der Waals surface area contributed by atoms with Crippen LogP contribution in [0.5, 0.6) is 0 Å². The highest BCUT2D eigenvalue weighted by molar-refractivity contribution is 5.70. The quantitative estimate of drug-likeness (QED) is 0.0555. The van der Waals surface area contributed by atoms with Crippen LogP contribution >= 0.6 is 0 Å². The van der Waals surface area contributed by atoms with Crippen LogP contribution in [0.25, 0.3) is 0 Å². The van der Waals surface area contributed by atoms with Gasteiger partial charge in [-0.1, -0.05) is 206 Å². The SMILES string of the molecule is CCCCCCCC/C=C\CCCCCCCCCCC(C(=O)O)C(CCCCCCCC)CCCCCCCCCCC. The van der Waals surface area contributed by atoms with E-state index in [1.807, 2.05) is 0 Å². The number of rotatable bonds is 37. The lowest BCUT2D eigenvalue weighted by Gasteiger charge is -2.24. The predicted molar refractivity (Wildman–Crippen MR) is 198 cm³/mol. The van der Waals surface area contributed by atoms with Crippen molar-refractivity contribution in [1.82, 2.24) is 0 Å². The smallest absolute Gasteiger partial charge is 0.306 e. The van der Waals surface area contributed by atoms with E-state index in [2.05, 4.69) is 32.9 Å². The van der Waals surface area contributed by atoms with Crippen LogP contribution in [0.4, 0.5) is 0 Å². The van der Waals surface area contributed by atoms with E-state index in [9.17, 15) is 9.90 Å². The molecule has 262 valence electrons. The highest BCUT2D eigenvalue weighted by Crippen LogP contribution is 2.30. The lowest BCUT2D eigenvalue weighted by atomic mass is 9.80. The molecule has 0 aliphatic heterocycles. The third-order valence-electron chi connectivity index (χ3n) is 10.0. The highest BCUT2D eigenvalue weighted by atomic mass is 16.4. The lowest BCUT2D eigenvalue weighted by Crippen LogP contribution is -2.24. The van der Waals surface area contributed by atoms with Crippen molar-refractivity contribution in [3.63, 3.8) is 0 Å². The summed E-state index contributed by atoms with van der Waals surface area (Å²) in [4.78, 5) is 12.4. The summed E-state index contributed by atoms with van der Waals surface area (Å²) < 4.78 is 0. The Morgan fingerprint density at radius 3 is 1.00 bits per heavy atom. The van der Waals surface area contributed by atoms with Gasteiger partial charge in [-0.3, -0.25) is 4.79 Å². The summed E-state index contributed by atoms with van der Waals surface area (Å²) in [6, 6.07) is 0. The van der Waals surface area contributed by atoms with E-state index in [4.69, 9.17) is 0 Å². The lowest BCUT2D eigenvalue weighted by molar-refractivity contribution is -0.144. The molecular formula is C42H82O2. The third kappa shape index (κ3) is 31.2. The van der Waals surface area contributed by atoms with Crippen LogP contribution in [0.2, 0.25) is 0 Å². The zero-order chi connectivity index (χ0) is 32.2. The summed E-state index contributed by atoms with van der Waals surface area (Å²) in [5, 5.41) is 10.2. The number of carboxylic acids is 1. The zero-order valence-electron chi connectivity index (χ0n) is 30.7. The van der Waals surface area contributed by atoms with Gasteiger partial charge in [0.2, 0.25) is 0 Å². The van der Waals surface area contributed by atoms with E-state index in [0.717, 1.165) is 25.7 Å². The number of aliphatic carboxylic acids is 1. The summed E-state index contributed by atoms with van der Waals surface area (Å²) in [5.74, 6) is -0.241. The fraction of sp³-hybridized carbons (Fsp3) is 0.929. The average molecular weight is 619 g/mol. The molecule has 0 spiro atoms. The van der Waals surface area contributed by atoms with Gasteiger partial charge in [0, 0.05) is 0 Å². The second-order valence-electron chi connectivity index (χ2n) is 14.3. The van der Waals surface area contributed by atoms with E-state index in [0.29, 0.717) is 5.92 Å². The molecule has 0 saturated heterocycles. The van der Waals surface area contributed by atoms with Gasteiger partial charge in [0.1, 0.15) is 0 Å². The fourth-order valence-electron chi connectivity index (χ4n) is 6.98. The Hall–Kier alpha value is -0.790. The molecule has 2 nitrogen and oxygen atoms in total. The first-order chi connectivity index (χ1) is 21.7. The minimum absolute atomic E-state index is 0.117. The Labute approximate surface area is 278 Å². The van der Waals surface area contributed by atoms with Crippen LogP contribution < -0.4 is 0 Å². The molecule has 0 radical (unpaired) electrons. The summed E-state index contributed by atoms with van der Waals surface area (Å²) in [6.07, 6.45) is 49.1. The molecule has 1 N–H and O–H groups in total. The van der Waals surface area contributed by atoms with E-state index in [-0.39, 0.29) is 5.92 Å². The number of carboxylic acid groups (broad SMARTS) is 1. The average Bonchev–Trinajstić information content (AvgIpc) is 3.02. The summed E-state index contributed by atoms with van der Waals surface area (Å²) in [5.41, 5.74) is 0. The van der Waals surface area contributed by atoms with Gasteiger partial charge in [-0.05, 0) is 50.9 Å². The summed E-state index contributed by atoms with van der Waals surface area (Å²) in [7, 11) is 0. The molecule has 44 heavy (non-hydrogen) atoms. The fourth-order valence-corrected chi connectivity index (χ4v) is 6.98. The van der Waals surface area contributed by atoms with Crippen molar-refractivity contribution < 1.29 is 9.90 Å². The molecule has 0 rings (SSSR count). The summed E-state index contributed by atoms with van der Waals surface area (Å²) in [6.45, 7) is 6.84. The molecule has 0 aliphatic carbocycles. The number of hydrogen-bond donors (Lipinski definition) is 1. The monoisotopic (exact) mass is 619 g/mol. The molecule has 0 aromatic heterocycles. The van der Waals surface area contributed by atoms with E-state index in [1.54, 1.807) is 0 Å². The van der Waals surface area contributed by atoms with E-state index in [1.165, 1.54) is 193 Å². The first kappa shape index (κ1) is 43.2. The van der Waals surface area contributed by atoms with E-state index >= 15 is 0 Å². The Morgan fingerprint density at radius 2 is 0.682 bits per heavy atom. The molecule has 2 heteroatoms. The molecule has 2 unspecified atom stereocenters. The maximum Gasteiger partial charge on any atom is 0.306 e. The van der Waals surface area contributed by atoms with Gasteiger partial charge in [-0.25, -0.2) is 0 Å². The molecular weight excluding hydrogens is 536 g/mol. The van der Waals surface area contributed by atoms with E-state index < -0.39 is 5.97 Å². The first-order valence-corrected chi connectivity index (χ1v) is 20.5. The Bertz CT molecular complexity index is 582. The third-order valence-corrected chi connectivity index (χ3v) is 10.0. The number of unbranched alkanes of at least 4 members (excludes halogenated alkanes) is 27. The molecule has 0 saturated carbocycles. The van der Waals surface area contributed by atoms with Gasteiger partial charge < -0.3 is 5.11 Å². The van der Waals surface area contributed by atoms with Gasteiger partial charge in [0.05, 0.1) is 5.92 Å². The van der Waals surface area contributed by atoms with Crippen LogP contribution in [0.1, 0.15) is 239 Å². The Balaban J connectivity index is 4.12. The molecule has 0 fully saturated rings. The Morgan fingerprint density at radius 1 is 0.409 bits per heavy atom. The second-order valence-corrected chi connectivity index (χ2v) is 14.3. The number of hydrogen-bond acceptors (Lipinski definition) is 1. The minimum Gasteiger partial charge on any atom is -0.481 e. The molecule has 0 bridgehead atoms.